The molecule has 0 N–H and O–H groups in total. The summed E-state index contributed by atoms with van der Waals surface area (Å²) in [4.78, 5) is 28.5. The molecule has 2 amide bonds. The summed E-state index contributed by atoms with van der Waals surface area (Å²) < 4.78 is 31.5. The van der Waals surface area contributed by atoms with Crippen LogP contribution in [-0.2, 0) is 16.8 Å². The lowest BCUT2D eigenvalue weighted by Crippen LogP contribution is -2.59. The molecule has 34 heavy (non-hydrogen) atoms. The van der Waals surface area contributed by atoms with Gasteiger partial charge in [0.15, 0.2) is 5.54 Å². The van der Waals surface area contributed by atoms with Crippen LogP contribution < -0.4 is 4.48 Å². The Kier molecular flexibility index (Phi) is 5.32. The van der Waals surface area contributed by atoms with E-state index in [0.29, 0.717) is 48.3 Å². The summed E-state index contributed by atoms with van der Waals surface area (Å²) in [5.74, 6) is -1.11. The highest BCUT2D eigenvalue weighted by Crippen LogP contribution is 2.61. The van der Waals surface area contributed by atoms with Gasteiger partial charge in [-0.2, -0.15) is 4.39 Å². The van der Waals surface area contributed by atoms with Crippen LogP contribution in [-0.4, -0.2) is 55.3 Å². The fourth-order valence-corrected chi connectivity index (χ4v) is 6.46. The number of likely N-dealkylation sites (tertiary alicyclic amines) is 1. The molecule has 0 bridgehead atoms. The van der Waals surface area contributed by atoms with Crippen LogP contribution in [0, 0.1) is 5.82 Å². The van der Waals surface area contributed by atoms with Crippen LogP contribution >= 0.6 is 23.2 Å². The Bertz CT molecular complexity index is 1270. The highest BCUT2D eigenvalue weighted by molar-refractivity contribution is 6.42. The number of hydrogen-bond acceptors (Lipinski definition) is 2. The van der Waals surface area contributed by atoms with Gasteiger partial charge in [0, 0.05) is 49.8 Å². The van der Waals surface area contributed by atoms with Crippen LogP contribution in [0.25, 0.3) is 0 Å². The lowest BCUT2D eigenvalue weighted by Gasteiger charge is -2.45. The molecule has 2 unspecified atom stereocenters. The van der Waals surface area contributed by atoms with Crippen molar-refractivity contribution in [2.24, 2.45) is 0 Å². The highest BCUT2D eigenvalue weighted by Gasteiger charge is 2.67. The Labute approximate surface area is 206 Å². The fourth-order valence-electron chi connectivity index (χ4n) is 5.96. The van der Waals surface area contributed by atoms with Gasteiger partial charge in [0.05, 0.1) is 34.8 Å². The van der Waals surface area contributed by atoms with Gasteiger partial charge in [-0.15, -0.1) is 0 Å². The molecule has 2 aromatic carbocycles. The molecular formula is C25H24Cl2F2N3O2+. The normalized spacial score (nSPS) is 27.8. The van der Waals surface area contributed by atoms with Gasteiger partial charge in [0.2, 0.25) is 5.91 Å². The summed E-state index contributed by atoms with van der Waals surface area (Å²) in [6.45, 7) is 4.49. The first-order valence-corrected chi connectivity index (χ1v) is 11.8. The van der Waals surface area contributed by atoms with E-state index in [-0.39, 0.29) is 38.5 Å². The van der Waals surface area contributed by atoms with Gasteiger partial charge in [0.1, 0.15) is 11.5 Å². The largest absolute Gasteiger partial charge is 0.341 e. The number of fused-ring (bicyclic) bond motifs is 3. The number of alkyl halides is 1. The standard InChI is InChI=1S/C25H24Cl2F2N3O2/c1-4-20(33)31-10-8-25(13-31)21-16(5-6-18(26)22(21)27)23(29)32(25,3)14-11-17-15(19(28)12-14)7-9-30(2)24(17)34/h4-6,11-12,23H,1,7-10,13H2,2-3H3/q+1/t23?,25-,32?/m1/s1. The third-order valence-corrected chi connectivity index (χ3v) is 8.72. The van der Waals surface area contributed by atoms with Crippen molar-refractivity contribution in [3.05, 3.63) is 75.0 Å². The van der Waals surface area contributed by atoms with Gasteiger partial charge in [-0.05, 0) is 24.6 Å². The number of halogens is 4. The predicted octanol–water partition coefficient (Wildman–Crippen LogP) is 4.99. The van der Waals surface area contributed by atoms with E-state index in [9.17, 15) is 9.59 Å². The second kappa shape index (κ2) is 7.77. The van der Waals surface area contributed by atoms with Crippen LogP contribution in [0.1, 0.15) is 39.8 Å². The van der Waals surface area contributed by atoms with Crippen molar-refractivity contribution in [3.8, 4) is 0 Å². The molecule has 1 fully saturated rings. The van der Waals surface area contributed by atoms with Gasteiger partial charge in [-0.3, -0.25) is 14.1 Å². The van der Waals surface area contributed by atoms with E-state index in [1.165, 1.54) is 17.0 Å². The quantitative estimate of drug-likeness (QED) is 0.327. The zero-order valence-electron chi connectivity index (χ0n) is 18.9. The minimum Gasteiger partial charge on any atom is -0.341 e. The molecule has 3 aliphatic heterocycles. The Morgan fingerprint density at radius 2 is 2.03 bits per heavy atom. The number of carbonyl (C=O) groups excluding carboxylic acids is 2. The molecule has 178 valence electrons. The van der Waals surface area contributed by atoms with Crippen LogP contribution in [0.15, 0.2) is 36.9 Å². The summed E-state index contributed by atoms with van der Waals surface area (Å²) in [5.41, 5.74) is 0.741. The lowest BCUT2D eigenvalue weighted by atomic mass is 9.86. The summed E-state index contributed by atoms with van der Waals surface area (Å²) in [5, 5.41) is 0.508. The topological polar surface area (TPSA) is 40.6 Å². The molecule has 3 heterocycles. The first kappa shape index (κ1) is 23.3. The highest BCUT2D eigenvalue weighted by atomic mass is 35.5. The Morgan fingerprint density at radius 3 is 2.74 bits per heavy atom. The molecule has 0 aliphatic carbocycles. The maximum Gasteiger partial charge on any atom is 0.264 e. The van der Waals surface area contributed by atoms with Crippen molar-refractivity contribution in [2.45, 2.75) is 24.7 Å². The third kappa shape index (κ3) is 2.87. The van der Waals surface area contributed by atoms with Crippen LogP contribution in [0.5, 0.6) is 0 Å². The van der Waals surface area contributed by atoms with Crippen LogP contribution in [0.4, 0.5) is 14.5 Å². The zero-order chi connectivity index (χ0) is 24.6. The maximum absolute atomic E-state index is 16.5. The first-order chi connectivity index (χ1) is 16.1. The smallest absolute Gasteiger partial charge is 0.264 e. The van der Waals surface area contributed by atoms with E-state index in [2.05, 4.69) is 6.58 Å². The fraction of sp³-hybridized carbons (Fsp3) is 0.360. The lowest BCUT2D eigenvalue weighted by molar-refractivity contribution is -0.125. The third-order valence-electron chi connectivity index (χ3n) is 7.92. The molecule has 5 rings (SSSR count). The van der Waals surface area contributed by atoms with Crippen molar-refractivity contribution in [1.29, 1.82) is 0 Å². The van der Waals surface area contributed by atoms with Crippen molar-refractivity contribution in [1.82, 2.24) is 14.3 Å². The molecule has 0 radical (unpaired) electrons. The molecule has 3 atom stereocenters. The molecule has 5 nitrogen and oxygen atoms in total. The number of amides is 2. The van der Waals surface area contributed by atoms with E-state index in [0.717, 1.165) is 0 Å². The molecule has 1 saturated heterocycles. The van der Waals surface area contributed by atoms with Crippen LogP contribution in [0.3, 0.4) is 0 Å². The van der Waals surface area contributed by atoms with Crippen molar-refractivity contribution in [2.75, 3.05) is 33.7 Å². The second-order valence-corrected chi connectivity index (χ2v) is 10.2. The summed E-state index contributed by atoms with van der Waals surface area (Å²) >= 11 is 13.0. The zero-order valence-corrected chi connectivity index (χ0v) is 20.4. The van der Waals surface area contributed by atoms with Crippen molar-refractivity contribution >= 4 is 40.7 Å². The number of carbonyl (C=O) groups is 2. The maximum atomic E-state index is 16.5. The number of nitrogens with zero attached hydrogens (tertiary/aromatic N) is 3. The summed E-state index contributed by atoms with van der Waals surface area (Å²) in [6, 6.07) is 6.08. The van der Waals surface area contributed by atoms with Gasteiger partial charge in [-0.1, -0.05) is 29.8 Å². The SMILES string of the molecule is C=CC(=O)N1CC[C@@]2(C1)c1c(ccc(Cl)c1Cl)C(F)[N+]2(C)c1cc(F)c2c(c1)C(=O)N(C)CC2. The van der Waals surface area contributed by atoms with E-state index in [1.54, 1.807) is 37.2 Å². The van der Waals surface area contributed by atoms with E-state index >= 15 is 8.78 Å². The summed E-state index contributed by atoms with van der Waals surface area (Å²) in [7, 11) is 3.34. The van der Waals surface area contributed by atoms with Crippen LogP contribution in [0.2, 0.25) is 10.0 Å². The first-order valence-electron chi connectivity index (χ1n) is 11.1. The second-order valence-electron chi connectivity index (χ2n) is 9.41. The monoisotopic (exact) mass is 506 g/mol. The minimum absolute atomic E-state index is 0.147. The number of likely N-dealkylation sites (N-methyl/N-ethyl adjacent to an activating group) is 2. The summed E-state index contributed by atoms with van der Waals surface area (Å²) in [6.07, 6.45) is 0.375. The average Bonchev–Trinajstić information content (AvgIpc) is 3.34. The van der Waals surface area contributed by atoms with Gasteiger partial charge >= 0.3 is 0 Å². The Balaban J connectivity index is 1.77. The van der Waals surface area contributed by atoms with E-state index in [4.69, 9.17) is 23.2 Å². The molecule has 0 saturated carbocycles. The number of hydrogen-bond donors (Lipinski definition) is 0. The number of benzene rings is 2. The Morgan fingerprint density at radius 1 is 1.29 bits per heavy atom. The van der Waals surface area contributed by atoms with Gasteiger partial charge in [-0.25, -0.2) is 4.39 Å². The van der Waals surface area contributed by atoms with Crippen molar-refractivity contribution in [3.63, 3.8) is 0 Å². The van der Waals surface area contributed by atoms with Gasteiger partial charge in [0.25, 0.3) is 12.2 Å². The number of rotatable bonds is 2. The van der Waals surface area contributed by atoms with E-state index < -0.39 is 17.7 Å². The predicted molar refractivity (Wildman–Crippen MR) is 128 cm³/mol. The molecule has 9 heteroatoms. The Hall–Kier alpha value is -2.48. The molecular weight excluding hydrogens is 483 g/mol. The van der Waals surface area contributed by atoms with Crippen molar-refractivity contribution < 1.29 is 18.4 Å². The molecule has 3 aliphatic rings. The number of quaternary nitrogens is 1. The average molecular weight is 507 g/mol. The minimum atomic E-state index is -1.61. The van der Waals surface area contributed by atoms with Gasteiger partial charge < -0.3 is 9.80 Å². The molecule has 1 spiro atoms. The molecule has 2 aromatic rings. The molecule has 0 aromatic heterocycles. The van der Waals surface area contributed by atoms with E-state index in [1.807, 2.05) is 0 Å².